The Balaban J connectivity index is 0.000000424. The van der Waals surface area contributed by atoms with Gasteiger partial charge in [-0.25, -0.2) is 0 Å². The highest BCUT2D eigenvalue weighted by Crippen LogP contribution is 2.23. The Labute approximate surface area is 78.6 Å². The first-order chi connectivity index (χ1) is 5.91. The normalized spacial score (nSPS) is 27.4. The minimum Gasteiger partial charge on any atom is -0.361 e. The monoisotopic (exact) mass is 187 g/mol. The van der Waals surface area contributed by atoms with Gasteiger partial charge in [-0.1, -0.05) is 20.8 Å². The van der Waals surface area contributed by atoms with E-state index in [2.05, 4.69) is 33.0 Å². The molecule has 1 aliphatic heterocycles. The van der Waals surface area contributed by atoms with E-state index in [1.807, 2.05) is 0 Å². The molecule has 4 heteroatoms. The molecule has 0 aliphatic carbocycles. The molecule has 1 aliphatic rings. The fraction of sp³-hybridized carbons (Fsp3) is 0.889. The topological polar surface area (TPSA) is 55.4 Å². The Morgan fingerprint density at radius 1 is 1.38 bits per heavy atom. The lowest BCUT2D eigenvalue weighted by Crippen LogP contribution is -2.38. The van der Waals surface area contributed by atoms with Crippen LogP contribution in [0.15, 0.2) is 0 Å². The molecule has 0 aromatic rings. The average Bonchev–Trinajstić information content (AvgIpc) is 2.35. The first kappa shape index (κ1) is 12.3. The second-order valence-electron chi connectivity index (χ2n) is 4.23. The van der Waals surface area contributed by atoms with Gasteiger partial charge < -0.3 is 4.74 Å². The van der Waals surface area contributed by atoms with Gasteiger partial charge in [0.15, 0.2) is 0 Å². The molecule has 0 aromatic heterocycles. The number of ether oxygens (including phenoxy) is 1. The molecular formula is C9H17NO3. The van der Waals surface area contributed by atoms with Crippen molar-refractivity contribution in [1.29, 1.82) is 0 Å². The zero-order chi connectivity index (χ0) is 10.5. The van der Waals surface area contributed by atoms with Crippen molar-refractivity contribution >= 4 is 6.15 Å². The van der Waals surface area contributed by atoms with Crippen molar-refractivity contribution in [2.75, 3.05) is 6.61 Å². The van der Waals surface area contributed by atoms with E-state index >= 15 is 0 Å². The van der Waals surface area contributed by atoms with E-state index in [9.17, 15) is 0 Å². The third-order valence-corrected chi connectivity index (χ3v) is 1.74. The Bertz CT molecular complexity index is 180. The quantitative estimate of drug-likeness (QED) is 0.609. The van der Waals surface area contributed by atoms with Crippen LogP contribution in [0.1, 0.15) is 27.7 Å². The minimum atomic E-state index is 0.227. The van der Waals surface area contributed by atoms with Gasteiger partial charge in [-0.15, -0.1) is 0 Å². The Hall–Kier alpha value is -0.700. The maximum absolute atomic E-state index is 8.12. The third-order valence-electron chi connectivity index (χ3n) is 1.74. The van der Waals surface area contributed by atoms with E-state index in [0.29, 0.717) is 6.04 Å². The van der Waals surface area contributed by atoms with Crippen molar-refractivity contribution in [2.24, 2.45) is 5.41 Å². The molecule has 1 fully saturated rings. The summed E-state index contributed by atoms with van der Waals surface area (Å²) in [7, 11) is 0. The molecule has 1 rings (SSSR count). The Morgan fingerprint density at radius 3 is 2.00 bits per heavy atom. The van der Waals surface area contributed by atoms with E-state index in [1.54, 1.807) is 0 Å². The van der Waals surface area contributed by atoms with Gasteiger partial charge in [-0.3, -0.25) is 5.32 Å². The summed E-state index contributed by atoms with van der Waals surface area (Å²) in [6, 6.07) is 0.518. The second kappa shape index (κ2) is 5.12. The third kappa shape index (κ3) is 4.78. The van der Waals surface area contributed by atoms with E-state index < -0.39 is 0 Å². The van der Waals surface area contributed by atoms with Crippen LogP contribution in [-0.2, 0) is 14.3 Å². The molecule has 0 radical (unpaired) electrons. The smallest absolute Gasteiger partial charge is 0.361 e. The maximum Gasteiger partial charge on any atom is 0.373 e. The molecule has 1 saturated heterocycles. The van der Waals surface area contributed by atoms with Crippen LogP contribution in [0, 0.1) is 5.41 Å². The van der Waals surface area contributed by atoms with Crippen molar-refractivity contribution in [3.8, 4) is 0 Å². The van der Waals surface area contributed by atoms with Crippen molar-refractivity contribution in [3.63, 3.8) is 0 Å². The molecule has 1 heterocycles. The lowest BCUT2D eigenvalue weighted by Gasteiger charge is -2.25. The average molecular weight is 187 g/mol. The highest BCUT2D eigenvalue weighted by atomic mass is 16.5. The van der Waals surface area contributed by atoms with E-state index in [1.165, 1.54) is 0 Å². The van der Waals surface area contributed by atoms with Crippen LogP contribution in [0.5, 0.6) is 0 Å². The van der Waals surface area contributed by atoms with Gasteiger partial charge in [0.25, 0.3) is 0 Å². The summed E-state index contributed by atoms with van der Waals surface area (Å²) in [6.45, 7) is 9.54. The van der Waals surface area contributed by atoms with E-state index in [4.69, 9.17) is 14.3 Å². The lowest BCUT2D eigenvalue weighted by atomic mass is 9.94. The first-order valence-electron chi connectivity index (χ1n) is 4.28. The Kier molecular flexibility index (Phi) is 4.85. The van der Waals surface area contributed by atoms with Crippen LogP contribution < -0.4 is 5.32 Å². The molecule has 1 N–H and O–H groups in total. The zero-order valence-electron chi connectivity index (χ0n) is 8.59. The van der Waals surface area contributed by atoms with Crippen LogP contribution in [0.3, 0.4) is 0 Å². The van der Waals surface area contributed by atoms with Gasteiger partial charge >= 0.3 is 6.15 Å². The van der Waals surface area contributed by atoms with Crippen LogP contribution >= 0.6 is 0 Å². The molecule has 0 saturated carbocycles. The zero-order valence-corrected chi connectivity index (χ0v) is 8.59. The van der Waals surface area contributed by atoms with Crippen molar-refractivity contribution in [2.45, 2.75) is 40.0 Å². The fourth-order valence-electron chi connectivity index (χ4n) is 1.10. The molecule has 0 aromatic carbocycles. The number of carbonyl (C=O) groups excluding carboxylic acids is 2. The number of hydrogen-bond acceptors (Lipinski definition) is 4. The summed E-state index contributed by atoms with van der Waals surface area (Å²) >= 11 is 0. The van der Waals surface area contributed by atoms with Crippen LogP contribution in [-0.4, -0.2) is 25.0 Å². The fourth-order valence-corrected chi connectivity index (χ4v) is 1.10. The van der Waals surface area contributed by atoms with Gasteiger partial charge in [0, 0.05) is 11.5 Å². The summed E-state index contributed by atoms with van der Waals surface area (Å²) in [5.74, 6) is 0. The molecular weight excluding hydrogens is 170 g/mol. The predicted molar refractivity (Wildman–Crippen MR) is 46.8 cm³/mol. The molecule has 13 heavy (non-hydrogen) atoms. The summed E-state index contributed by atoms with van der Waals surface area (Å²) in [6.07, 6.45) is 0.488. The summed E-state index contributed by atoms with van der Waals surface area (Å²) in [5, 5.41) is 3.37. The summed E-state index contributed by atoms with van der Waals surface area (Å²) in [4.78, 5) is 16.2. The predicted octanol–water partition coefficient (Wildman–Crippen LogP) is 0.783. The van der Waals surface area contributed by atoms with Gasteiger partial charge in [-0.2, -0.15) is 9.59 Å². The largest absolute Gasteiger partial charge is 0.373 e. The van der Waals surface area contributed by atoms with E-state index in [0.717, 1.165) is 6.61 Å². The molecule has 4 nitrogen and oxygen atoms in total. The van der Waals surface area contributed by atoms with Gasteiger partial charge in [0.1, 0.15) is 6.23 Å². The summed E-state index contributed by atoms with van der Waals surface area (Å²) < 4.78 is 5.52. The lowest BCUT2D eigenvalue weighted by molar-refractivity contribution is -0.191. The van der Waals surface area contributed by atoms with Crippen LogP contribution in [0.25, 0.3) is 0 Å². The summed E-state index contributed by atoms with van der Waals surface area (Å²) in [5.41, 5.74) is 0.227. The number of rotatable bonds is 0. The van der Waals surface area contributed by atoms with Gasteiger partial charge in [-0.05, 0) is 6.92 Å². The molecule has 0 spiro atoms. The number of hydrogen-bond donors (Lipinski definition) is 1. The minimum absolute atomic E-state index is 0.227. The molecule has 0 bridgehead atoms. The first-order valence-corrected chi connectivity index (χ1v) is 4.28. The van der Waals surface area contributed by atoms with Crippen LogP contribution in [0.2, 0.25) is 0 Å². The van der Waals surface area contributed by atoms with Crippen molar-refractivity contribution in [1.82, 2.24) is 5.32 Å². The standard InChI is InChI=1S/C8H17NO.CO2/c1-6-5-10-7(9-6)8(2,3)4;2-1-3/h6-7,9H,5H2,1-4H3;/t6-,7?;/m0./s1. The highest BCUT2D eigenvalue weighted by Gasteiger charge is 2.31. The Morgan fingerprint density at radius 2 is 1.85 bits per heavy atom. The van der Waals surface area contributed by atoms with E-state index in [-0.39, 0.29) is 17.8 Å². The molecule has 2 atom stereocenters. The maximum atomic E-state index is 8.12. The van der Waals surface area contributed by atoms with Crippen molar-refractivity contribution in [3.05, 3.63) is 0 Å². The second-order valence-corrected chi connectivity index (χ2v) is 4.23. The van der Waals surface area contributed by atoms with Crippen molar-refractivity contribution < 1.29 is 14.3 Å². The SMILES string of the molecule is C[C@H]1COC(C(C)(C)C)N1.O=C=O. The highest BCUT2D eigenvalue weighted by molar-refractivity contribution is 5.20. The van der Waals surface area contributed by atoms with Gasteiger partial charge in [0.2, 0.25) is 0 Å². The molecule has 76 valence electrons. The number of nitrogens with one attached hydrogen (secondary N) is 1. The van der Waals surface area contributed by atoms with Crippen LogP contribution in [0.4, 0.5) is 0 Å². The molecule has 1 unspecified atom stereocenters. The van der Waals surface area contributed by atoms with Gasteiger partial charge in [0.05, 0.1) is 6.61 Å². The molecule has 0 amide bonds.